The monoisotopic (exact) mass is 242 g/mol. The van der Waals surface area contributed by atoms with Gasteiger partial charge in [-0.25, -0.2) is 0 Å². The summed E-state index contributed by atoms with van der Waals surface area (Å²) in [5.74, 6) is 0.133. The fraction of sp³-hybridized carbons (Fsp3) is 0.467. The summed E-state index contributed by atoms with van der Waals surface area (Å²) < 4.78 is 0. The van der Waals surface area contributed by atoms with Crippen molar-refractivity contribution >= 4 is 5.78 Å². The average molecular weight is 242 g/mol. The molecule has 0 unspecified atom stereocenters. The first kappa shape index (κ1) is 12.8. The Bertz CT molecular complexity index is 452. The van der Waals surface area contributed by atoms with Gasteiger partial charge in [0.2, 0.25) is 0 Å². The number of Topliss-reactive ketones (excluding diaryl/α,β-unsaturated/α-hetero) is 1. The Morgan fingerprint density at radius 3 is 2.50 bits per heavy atom. The summed E-state index contributed by atoms with van der Waals surface area (Å²) in [4.78, 5) is 14.2. The molecular formula is C15H18N2O. The lowest BCUT2D eigenvalue weighted by molar-refractivity contribution is 0.0921. The highest BCUT2D eigenvalue weighted by molar-refractivity contribution is 5.97. The number of likely N-dealkylation sites (N-methyl/N-ethyl adjacent to an activating group) is 1. The molecule has 3 nitrogen and oxygen atoms in total. The first-order valence-corrected chi connectivity index (χ1v) is 6.44. The van der Waals surface area contributed by atoms with Crippen molar-refractivity contribution in [3.05, 3.63) is 35.4 Å². The van der Waals surface area contributed by atoms with Crippen LogP contribution in [-0.2, 0) is 0 Å². The van der Waals surface area contributed by atoms with E-state index in [0.717, 1.165) is 0 Å². The Labute approximate surface area is 108 Å². The van der Waals surface area contributed by atoms with Crippen molar-refractivity contribution in [3.63, 3.8) is 0 Å². The molecule has 0 amide bonds. The van der Waals surface area contributed by atoms with E-state index in [-0.39, 0.29) is 5.78 Å². The highest BCUT2D eigenvalue weighted by Gasteiger charge is 2.21. The number of carbonyl (C=O) groups excluding carboxylic acids is 1. The summed E-state index contributed by atoms with van der Waals surface area (Å²) in [6.07, 6.45) is 4.97. The van der Waals surface area contributed by atoms with Gasteiger partial charge >= 0.3 is 0 Å². The van der Waals surface area contributed by atoms with E-state index in [0.29, 0.717) is 23.7 Å². The first-order chi connectivity index (χ1) is 8.70. The van der Waals surface area contributed by atoms with Gasteiger partial charge in [0, 0.05) is 11.6 Å². The maximum absolute atomic E-state index is 12.1. The molecule has 0 bridgehead atoms. The number of ketones is 1. The van der Waals surface area contributed by atoms with Crippen molar-refractivity contribution in [2.45, 2.75) is 31.7 Å². The van der Waals surface area contributed by atoms with Crippen molar-refractivity contribution < 1.29 is 4.79 Å². The number of nitrogens with zero attached hydrogens (tertiary/aromatic N) is 2. The summed E-state index contributed by atoms with van der Waals surface area (Å²) in [5, 5.41) is 8.71. The highest BCUT2D eigenvalue weighted by Crippen LogP contribution is 2.22. The van der Waals surface area contributed by atoms with Crippen LogP contribution in [-0.4, -0.2) is 30.3 Å². The minimum Gasteiger partial charge on any atom is -0.296 e. The molecule has 1 aromatic rings. The fourth-order valence-electron chi connectivity index (χ4n) is 2.52. The number of rotatable bonds is 4. The van der Waals surface area contributed by atoms with Crippen LogP contribution >= 0.6 is 0 Å². The van der Waals surface area contributed by atoms with Crippen molar-refractivity contribution in [1.29, 1.82) is 5.26 Å². The molecule has 0 heterocycles. The summed E-state index contributed by atoms with van der Waals surface area (Å²) >= 11 is 0. The number of hydrogen-bond donors (Lipinski definition) is 0. The quantitative estimate of drug-likeness (QED) is 0.762. The van der Waals surface area contributed by atoms with Crippen LogP contribution in [0.15, 0.2) is 24.3 Å². The van der Waals surface area contributed by atoms with Crippen LogP contribution in [0.5, 0.6) is 0 Å². The van der Waals surface area contributed by atoms with Crippen molar-refractivity contribution in [2.75, 3.05) is 13.6 Å². The van der Waals surface area contributed by atoms with E-state index >= 15 is 0 Å². The molecule has 1 saturated carbocycles. The molecule has 0 radical (unpaired) electrons. The van der Waals surface area contributed by atoms with Crippen LogP contribution < -0.4 is 0 Å². The van der Waals surface area contributed by atoms with E-state index in [1.807, 2.05) is 7.05 Å². The molecule has 0 spiro atoms. The predicted molar refractivity (Wildman–Crippen MR) is 70.4 cm³/mol. The van der Waals surface area contributed by atoms with Crippen LogP contribution in [0.4, 0.5) is 0 Å². The van der Waals surface area contributed by atoms with E-state index in [1.54, 1.807) is 24.3 Å². The normalized spacial score (nSPS) is 15.8. The molecule has 1 aliphatic carbocycles. The number of carbonyl (C=O) groups is 1. The van der Waals surface area contributed by atoms with Crippen LogP contribution in [0.3, 0.4) is 0 Å². The minimum absolute atomic E-state index is 0.133. The van der Waals surface area contributed by atoms with Gasteiger partial charge < -0.3 is 0 Å². The molecule has 0 saturated heterocycles. The Hall–Kier alpha value is -1.66. The second-order valence-electron chi connectivity index (χ2n) is 4.97. The first-order valence-electron chi connectivity index (χ1n) is 6.44. The van der Waals surface area contributed by atoms with E-state index in [9.17, 15) is 4.79 Å². The maximum Gasteiger partial charge on any atom is 0.176 e. The van der Waals surface area contributed by atoms with E-state index < -0.39 is 0 Å². The van der Waals surface area contributed by atoms with Gasteiger partial charge in [0.25, 0.3) is 0 Å². The van der Waals surface area contributed by atoms with Crippen LogP contribution in [0.1, 0.15) is 41.6 Å². The predicted octanol–water partition coefficient (Wildman–Crippen LogP) is 2.62. The molecule has 1 fully saturated rings. The molecule has 0 atom stereocenters. The molecular weight excluding hydrogens is 224 g/mol. The summed E-state index contributed by atoms with van der Waals surface area (Å²) in [6, 6.07) is 9.49. The lowest BCUT2D eigenvalue weighted by Gasteiger charge is -2.23. The van der Waals surface area contributed by atoms with Crippen LogP contribution in [0.2, 0.25) is 0 Å². The Morgan fingerprint density at radius 1 is 1.33 bits per heavy atom. The lowest BCUT2D eigenvalue weighted by Crippen LogP contribution is -2.34. The molecule has 18 heavy (non-hydrogen) atoms. The molecule has 3 heteroatoms. The van der Waals surface area contributed by atoms with Crippen LogP contribution in [0.25, 0.3) is 0 Å². The van der Waals surface area contributed by atoms with E-state index in [2.05, 4.69) is 11.0 Å². The summed E-state index contributed by atoms with van der Waals surface area (Å²) in [5.41, 5.74) is 1.29. The Kier molecular flexibility index (Phi) is 4.11. The standard InChI is InChI=1S/C15H18N2O/c1-17(14-4-2-3-5-14)11-15(18)13-8-6-12(10-16)7-9-13/h6-9,14H,2-5,11H2,1H3. The number of hydrogen-bond acceptors (Lipinski definition) is 3. The largest absolute Gasteiger partial charge is 0.296 e. The van der Waals surface area contributed by atoms with Crippen molar-refractivity contribution in [1.82, 2.24) is 4.90 Å². The number of benzene rings is 1. The van der Waals surface area contributed by atoms with Gasteiger partial charge in [-0.1, -0.05) is 25.0 Å². The molecule has 2 rings (SSSR count). The van der Waals surface area contributed by atoms with Crippen molar-refractivity contribution in [2.24, 2.45) is 0 Å². The molecule has 0 N–H and O–H groups in total. The summed E-state index contributed by atoms with van der Waals surface area (Å²) in [7, 11) is 2.03. The van der Waals surface area contributed by atoms with Gasteiger partial charge in [-0.2, -0.15) is 5.26 Å². The van der Waals surface area contributed by atoms with Gasteiger partial charge in [-0.3, -0.25) is 9.69 Å². The smallest absolute Gasteiger partial charge is 0.176 e. The Balaban J connectivity index is 1.96. The Morgan fingerprint density at radius 2 is 1.94 bits per heavy atom. The van der Waals surface area contributed by atoms with Gasteiger partial charge in [-0.05, 0) is 32.0 Å². The maximum atomic E-state index is 12.1. The third-order valence-electron chi connectivity index (χ3n) is 3.68. The zero-order valence-corrected chi connectivity index (χ0v) is 10.7. The van der Waals surface area contributed by atoms with Crippen LogP contribution in [0, 0.1) is 11.3 Å². The lowest BCUT2D eigenvalue weighted by atomic mass is 10.1. The second kappa shape index (κ2) is 5.79. The molecule has 0 aliphatic heterocycles. The van der Waals surface area contributed by atoms with E-state index in [4.69, 9.17) is 5.26 Å². The number of nitriles is 1. The van der Waals surface area contributed by atoms with Gasteiger partial charge in [0.05, 0.1) is 18.2 Å². The zero-order valence-electron chi connectivity index (χ0n) is 10.7. The molecule has 0 aromatic heterocycles. The second-order valence-corrected chi connectivity index (χ2v) is 4.97. The molecule has 1 aromatic carbocycles. The highest BCUT2D eigenvalue weighted by atomic mass is 16.1. The van der Waals surface area contributed by atoms with Gasteiger partial charge in [0.15, 0.2) is 5.78 Å². The average Bonchev–Trinajstić information content (AvgIpc) is 2.92. The topological polar surface area (TPSA) is 44.1 Å². The van der Waals surface area contributed by atoms with Gasteiger partial charge in [0.1, 0.15) is 0 Å². The molecule has 1 aliphatic rings. The zero-order chi connectivity index (χ0) is 13.0. The van der Waals surface area contributed by atoms with E-state index in [1.165, 1.54) is 25.7 Å². The third-order valence-corrected chi connectivity index (χ3v) is 3.68. The van der Waals surface area contributed by atoms with Gasteiger partial charge in [-0.15, -0.1) is 0 Å². The summed E-state index contributed by atoms with van der Waals surface area (Å²) in [6.45, 7) is 0.469. The molecule has 94 valence electrons. The van der Waals surface area contributed by atoms with Crippen molar-refractivity contribution in [3.8, 4) is 6.07 Å². The third kappa shape index (κ3) is 2.96. The minimum atomic E-state index is 0.133. The SMILES string of the molecule is CN(CC(=O)c1ccc(C#N)cc1)C1CCCC1. The fourth-order valence-corrected chi connectivity index (χ4v) is 2.52.